The lowest BCUT2D eigenvalue weighted by Gasteiger charge is -2.36. The molecule has 134 valence electrons. The van der Waals surface area contributed by atoms with Crippen LogP contribution in [0.3, 0.4) is 0 Å². The zero-order chi connectivity index (χ0) is 17.9. The number of fused-ring (bicyclic) bond motifs is 1. The average Bonchev–Trinajstić information content (AvgIpc) is 2.73. The minimum Gasteiger partial charge on any atom is -0.338 e. The monoisotopic (exact) mass is 348 g/mol. The lowest BCUT2D eigenvalue weighted by Crippen LogP contribution is -2.47. The molecule has 0 bridgehead atoms. The highest BCUT2D eigenvalue weighted by molar-refractivity contribution is 5.94. The molecule has 1 atom stereocenters. The van der Waals surface area contributed by atoms with E-state index in [-0.39, 0.29) is 17.7 Å². The van der Waals surface area contributed by atoms with Gasteiger partial charge in [0.1, 0.15) is 0 Å². The Morgan fingerprint density at radius 2 is 1.58 bits per heavy atom. The van der Waals surface area contributed by atoms with Gasteiger partial charge in [-0.25, -0.2) is 0 Å². The molecule has 0 spiro atoms. The van der Waals surface area contributed by atoms with Gasteiger partial charge in [-0.05, 0) is 42.5 Å². The number of benzene rings is 2. The smallest absolute Gasteiger partial charge is 0.253 e. The summed E-state index contributed by atoms with van der Waals surface area (Å²) in [4.78, 5) is 29.6. The van der Waals surface area contributed by atoms with Crippen LogP contribution in [-0.4, -0.2) is 41.2 Å². The van der Waals surface area contributed by atoms with Gasteiger partial charge < -0.3 is 9.80 Å². The molecule has 0 radical (unpaired) electrons. The van der Waals surface area contributed by atoms with E-state index in [9.17, 15) is 9.59 Å². The molecular weight excluding hydrogens is 324 g/mol. The van der Waals surface area contributed by atoms with E-state index in [1.165, 1.54) is 11.1 Å². The molecule has 4 heteroatoms. The molecule has 0 unspecified atom stereocenters. The van der Waals surface area contributed by atoms with Crippen molar-refractivity contribution in [3.63, 3.8) is 0 Å². The highest BCUT2D eigenvalue weighted by atomic mass is 16.2. The molecule has 0 saturated carbocycles. The number of piperidine rings is 1. The van der Waals surface area contributed by atoms with Crippen molar-refractivity contribution in [3.05, 3.63) is 71.3 Å². The second-order valence-electron chi connectivity index (χ2n) is 7.23. The summed E-state index contributed by atoms with van der Waals surface area (Å²) in [6.45, 7) is 2.74. The number of hydrogen-bond donors (Lipinski definition) is 0. The van der Waals surface area contributed by atoms with E-state index >= 15 is 0 Å². The Balaban J connectivity index is 1.43. The predicted octanol–water partition coefficient (Wildman–Crippen LogP) is 3.12. The van der Waals surface area contributed by atoms with Gasteiger partial charge in [0.15, 0.2) is 0 Å². The molecule has 1 fully saturated rings. The van der Waals surface area contributed by atoms with E-state index in [4.69, 9.17) is 0 Å². The molecule has 2 aromatic rings. The first kappa shape index (κ1) is 16.8. The molecule has 2 aliphatic heterocycles. The lowest BCUT2D eigenvalue weighted by atomic mass is 9.93. The molecule has 4 nitrogen and oxygen atoms in total. The van der Waals surface area contributed by atoms with E-state index in [2.05, 4.69) is 18.2 Å². The standard InChI is InChI=1S/C22H24N2O2/c25-21(18-8-2-1-3-9-18)23-13-6-11-20(16-23)22(26)24-14-12-17-7-4-5-10-19(17)15-24/h1-5,7-10,20H,6,11-16H2/t20-/m0/s1. The molecule has 2 amide bonds. The van der Waals surface area contributed by atoms with Crippen LogP contribution in [0.2, 0.25) is 0 Å². The van der Waals surface area contributed by atoms with Crippen molar-refractivity contribution in [1.29, 1.82) is 0 Å². The fourth-order valence-corrected chi connectivity index (χ4v) is 4.07. The normalized spacial score (nSPS) is 19.8. The molecule has 2 heterocycles. The van der Waals surface area contributed by atoms with Crippen LogP contribution in [0, 0.1) is 5.92 Å². The van der Waals surface area contributed by atoms with Crippen molar-refractivity contribution in [2.24, 2.45) is 5.92 Å². The Morgan fingerprint density at radius 3 is 2.38 bits per heavy atom. The number of rotatable bonds is 2. The first-order chi connectivity index (χ1) is 12.7. The van der Waals surface area contributed by atoms with Crippen LogP contribution < -0.4 is 0 Å². The zero-order valence-electron chi connectivity index (χ0n) is 14.9. The van der Waals surface area contributed by atoms with Gasteiger partial charge in [0, 0.05) is 31.7 Å². The third-order valence-corrected chi connectivity index (χ3v) is 5.52. The van der Waals surface area contributed by atoms with Crippen molar-refractivity contribution < 1.29 is 9.59 Å². The average molecular weight is 348 g/mol. The van der Waals surface area contributed by atoms with E-state index in [0.29, 0.717) is 18.7 Å². The van der Waals surface area contributed by atoms with E-state index in [1.807, 2.05) is 46.2 Å². The molecule has 0 aromatic heterocycles. The third kappa shape index (κ3) is 3.36. The zero-order valence-corrected chi connectivity index (χ0v) is 14.9. The molecule has 1 saturated heterocycles. The maximum absolute atomic E-state index is 13.1. The summed E-state index contributed by atoms with van der Waals surface area (Å²) in [5, 5.41) is 0. The van der Waals surface area contributed by atoms with E-state index in [1.54, 1.807) is 0 Å². The highest BCUT2D eigenvalue weighted by Crippen LogP contribution is 2.24. The van der Waals surface area contributed by atoms with Gasteiger partial charge in [-0.3, -0.25) is 9.59 Å². The number of likely N-dealkylation sites (tertiary alicyclic amines) is 1. The van der Waals surface area contributed by atoms with E-state index < -0.39 is 0 Å². The molecule has 0 aliphatic carbocycles. The predicted molar refractivity (Wildman–Crippen MR) is 101 cm³/mol. The molecule has 0 N–H and O–H groups in total. The largest absolute Gasteiger partial charge is 0.338 e. The summed E-state index contributed by atoms with van der Waals surface area (Å²) in [6.07, 6.45) is 2.68. The van der Waals surface area contributed by atoms with Crippen LogP contribution in [0.4, 0.5) is 0 Å². The van der Waals surface area contributed by atoms with Crippen molar-refractivity contribution in [3.8, 4) is 0 Å². The summed E-state index contributed by atoms with van der Waals surface area (Å²) < 4.78 is 0. The van der Waals surface area contributed by atoms with Crippen molar-refractivity contribution in [1.82, 2.24) is 9.80 Å². The van der Waals surface area contributed by atoms with Crippen LogP contribution in [0.25, 0.3) is 0 Å². The first-order valence-corrected chi connectivity index (χ1v) is 9.42. The van der Waals surface area contributed by atoms with Crippen LogP contribution in [-0.2, 0) is 17.8 Å². The van der Waals surface area contributed by atoms with Gasteiger partial charge in [-0.15, -0.1) is 0 Å². The number of amides is 2. The Bertz CT molecular complexity index is 803. The Labute approximate surface area is 154 Å². The van der Waals surface area contributed by atoms with Crippen molar-refractivity contribution >= 4 is 11.8 Å². The molecular formula is C22H24N2O2. The number of nitrogens with zero attached hydrogens (tertiary/aromatic N) is 2. The number of carbonyl (C=O) groups is 2. The second-order valence-corrected chi connectivity index (χ2v) is 7.23. The summed E-state index contributed by atoms with van der Waals surface area (Å²) in [5.74, 6) is 0.152. The SMILES string of the molecule is O=C(c1ccccc1)N1CCC[C@H](C(=O)N2CCc3ccccc3C2)C1. The van der Waals surface area contributed by atoms with Gasteiger partial charge in [0.25, 0.3) is 5.91 Å². The maximum Gasteiger partial charge on any atom is 0.253 e. The fraction of sp³-hybridized carbons (Fsp3) is 0.364. The summed E-state index contributed by atoms with van der Waals surface area (Å²) in [5.41, 5.74) is 3.30. The molecule has 4 rings (SSSR count). The molecule has 2 aliphatic rings. The van der Waals surface area contributed by atoms with E-state index in [0.717, 1.165) is 32.4 Å². The second kappa shape index (κ2) is 7.32. The van der Waals surface area contributed by atoms with Crippen molar-refractivity contribution in [2.75, 3.05) is 19.6 Å². The van der Waals surface area contributed by atoms with Crippen LogP contribution in [0.1, 0.15) is 34.3 Å². The molecule has 2 aromatic carbocycles. The first-order valence-electron chi connectivity index (χ1n) is 9.42. The maximum atomic E-state index is 13.1. The Hall–Kier alpha value is -2.62. The Morgan fingerprint density at radius 1 is 0.846 bits per heavy atom. The lowest BCUT2D eigenvalue weighted by molar-refractivity contribution is -0.137. The van der Waals surface area contributed by atoms with Gasteiger partial charge in [0.2, 0.25) is 5.91 Å². The Kier molecular flexibility index (Phi) is 4.74. The highest BCUT2D eigenvalue weighted by Gasteiger charge is 2.32. The summed E-state index contributed by atoms with van der Waals surface area (Å²) in [7, 11) is 0. The van der Waals surface area contributed by atoms with Crippen LogP contribution >= 0.6 is 0 Å². The van der Waals surface area contributed by atoms with Crippen LogP contribution in [0.15, 0.2) is 54.6 Å². The van der Waals surface area contributed by atoms with Gasteiger partial charge >= 0.3 is 0 Å². The molecule has 26 heavy (non-hydrogen) atoms. The van der Waals surface area contributed by atoms with Gasteiger partial charge in [0.05, 0.1) is 5.92 Å². The third-order valence-electron chi connectivity index (χ3n) is 5.52. The summed E-state index contributed by atoms with van der Waals surface area (Å²) >= 11 is 0. The fourth-order valence-electron chi connectivity index (χ4n) is 4.07. The minimum atomic E-state index is -0.0818. The summed E-state index contributed by atoms with van der Waals surface area (Å²) in [6, 6.07) is 17.7. The van der Waals surface area contributed by atoms with Crippen LogP contribution in [0.5, 0.6) is 0 Å². The van der Waals surface area contributed by atoms with Gasteiger partial charge in [-0.2, -0.15) is 0 Å². The number of hydrogen-bond acceptors (Lipinski definition) is 2. The topological polar surface area (TPSA) is 40.6 Å². The number of carbonyl (C=O) groups excluding carboxylic acids is 2. The quantitative estimate of drug-likeness (QED) is 0.837. The minimum absolute atomic E-state index is 0.0343. The van der Waals surface area contributed by atoms with Crippen molar-refractivity contribution in [2.45, 2.75) is 25.8 Å². The van der Waals surface area contributed by atoms with Gasteiger partial charge in [-0.1, -0.05) is 42.5 Å².